The van der Waals surface area contributed by atoms with E-state index in [1.165, 1.54) is 55.3 Å². The van der Waals surface area contributed by atoms with Crippen LogP contribution < -0.4 is 4.90 Å². The monoisotopic (exact) mass is 689 g/mol. The summed E-state index contributed by atoms with van der Waals surface area (Å²) in [6.07, 6.45) is 0. The van der Waals surface area contributed by atoms with Gasteiger partial charge >= 0.3 is 0 Å². The summed E-state index contributed by atoms with van der Waals surface area (Å²) in [5.74, 6) is 0. The molecule has 2 nitrogen and oxygen atoms in total. The van der Waals surface area contributed by atoms with Crippen molar-refractivity contribution >= 4 is 49.8 Å². The van der Waals surface area contributed by atoms with E-state index in [0.717, 1.165) is 39.0 Å². The lowest BCUT2D eigenvalue weighted by Gasteiger charge is -2.26. The second-order valence-corrected chi connectivity index (χ2v) is 13.7. The van der Waals surface area contributed by atoms with Crippen LogP contribution in [0.25, 0.3) is 77.2 Å². The zero-order chi connectivity index (χ0) is 35.8. The molecule has 0 N–H and O–H groups in total. The van der Waals surface area contributed by atoms with Gasteiger partial charge in [0.25, 0.3) is 0 Å². The van der Waals surface area contributed by atoms with Crippen LogP contribution >= 0.6 is 0 Å². The van der Waals surface area contributed by atoms with Gasteiger partial charge in [-0.25, -0.2) is 0 Å². The Morgan fingerprint density at radius 2 is 0.796 bits per heavy atom. The Morgan fingerprint density at radius 3 is 1.52 bits per heavy atom. The summed E-state index contributed by atoms with van der Waals surface area (Å²) in [5.41, 5.74) is 14.6. The third-order valence-electron chi connectivity index (χ3n) is 10.5. The molecule has 0 amide bonds. The van der Waals surface area contributed by atoms with E-state index in [2.05, 4.69) is 205 Å². The van der Waals surface area contributed by atoms with E-state index in [0.29, 0.717) is 0 Å². The highest BCUT2D eigenvalue weighted by Crippen LogP contribution is 2.43. The van der Waals surface area contributed by atoms with Crippen LogP contribution in [0.2, 0.25) is 0 Å². The molecule has 0 radical (unpaired) electrons. The van der Waals surface area contributed by atoms with Gasteiger partial charge in [0, 0.05) is 16.8 Å². The number of rotatable bonds is 7. The average Bonchev–Trinajstić information content (AvgIpc) is 3.64. The maximum absolute atomic E-state index is 6.33. The normalized spacial score (nSPS) is 11.3. The van der Waals surface area contributed by atoms with Crippen molar-refractivity contribution in [2.24, 2.45) is 0 Å². The lowest BCUT2D eigenvalue weighted by Crippen LogP contribution is -2.10. The van der Waals surface area contributed by atoms with Crippen LogP contribution in [0, 0.1) is 0 Å². The molecule has 54 heavy (non-hydrogen) atoms. The quantitative estimate of drug-likeness (QED) is 0.166. The predicted molar refractivity (Wildman–Crippen MR) is 228 cm³/mol. The minimum atomic E-state index is 0.874. The summed E-state index contributed by atoms with van der Waals surface area (Å²) in [7, 11) is 0. The molecule has 2 heteroatoms. The summed E-state index contributed by atoms with van der Waals surface area (Å²) >= 11 is 0. The van der Waals surface area contributed by atoms with E-state index in [9.17, 15) is 0 Å². The van der Waals surface area contributed by atoms with Gasteiger partial charge in [-0.1, -0.05) is 164 Å². The second kappa shape index (κ2) is 13.4. The molecule has 0 bridgehead atoms. The summed E-state index contributed by atoms with van der Waals surface area (Å²) in [5, 5.41) is 4.73. The molecule has 9 aromatic carbocycles. The Bertz CT molecular complexity index is 2900. The summed E-state index contributed by atoms with van der Waals surface area (Å²) in [4.78, 5) is 2.34. The number of fused-ring (bicyclic) bond motifs is 4. The maximum atomic E-state index is 6.33. The molecular weight excluding hydrogens is 655 g/mol. The Morgan fingerprint density at radius 1 is 0.315 bits per heavy atom. The zero-order valence-corrected chi connectivity index (χ0v) is 29.6. The molecule has 0 aliphatic heterocycles. The highest BCUT2D eigenvalue weighted by molar-refractivity contribution is 6.13. The van der Waals surface area contributed by atoms with E-state index < -0.39 is 0 Å². The van der Waals surface area contributed by atoms with Crippen LogP contribution in [-0.4, -0.2) is 0 Å². The van der Waals surface area contributed by atoms with Crippen molar-refractivity contribution in [3.05, 3.63) is 212 Å². The van der Waals surface area contributed by atoms with Crippen LogP contribution in [0.15, 0.2) is 217 Å². The van der Waals surface area contributed by atoms with E-state index in [1.54, 1.807) is 0 Å². The van der Waals surface area contributed by atoms with E-state index in [-0.39, 0.29) is 0 Å². The molecular formula is C52H35NO. The number of para-hydroxylation sites is 1. The first-order valence-electron chi connectivity index (χ1n) is 18.4. The highest BCUT2D eigenvalue weighted by atomic mass is 16.3. The van der Waals surface area contributed by atoms with Crippen LogP contribution in [0.1, 0.15) is 0 Å². The lowest BCUT2D eigenvalue weighted by molar-refractivity contribution is 0.669. The van der Waals surface area contributed by atoms with Gasteiger partial charge in [0.05, 0.1) is 11.1 Å². The molecule has 254 valence electrons. The topological polar surface area (TPSA) is 16.4 Å². The third kappa shape index (κ3) is 5.71. The van der Waals surface area contributed by atoms with Crippen molar-refractivity contribution in [3.63, 3.8) is 0 Å². The van der Waals surface area contributed by atoms with Crippen molar-refractivity contribution in [3.8, 4) is 44.5 Å². The number of hydrogen-bond acceptors (Lipinski definition) is 2. The fourth-order valence-electron chi connectivity index (χ4n) is 7.80. The van der Waals surface area contributed by atoms with Crippen molar-refractivity contribution in [2.45, 2.75) is 0 Å². The Hall–Kier alpha value is -7.16. The molecule has 0 fully saturated rings. The van der Waals surface area contributed by atoms with Crippen LogP contribution in [-0.2, 0) is 0 Å². The van der Waals surface area contributed by atoms with Crippen molar-refractivity contribution in [1.29, 1.82) is 0 Å². The minimum absolute atomic E-state index is 0.874. The largest absolute Gasteiger partial charge is 0.456 e. The molecule has 0 spiro atoms. The van der Waals surface area contributed by atoms with Gasteiger partial charge in [0.2, 0.25) is 0 Å². The summed E-state index contributed by atoms with van der Waals surface area (Å²) < 4.78 is 6.33. The number of furan rings is 1. The molecule has 1 aromatic heterocycles. The van der Waals surface area contributed by atoms with Crippen LogP contribution in [0.5, 0.6) is 0 Å². The van der Waals surface area contributed by atoms with Gasteiger partial charge in [0.15, 0.2) is 0 Å². The summed E-state index contributed by atoms with van der Waals surface area (Å²) in [6.45, 7) is 0. The molecule has 0 aliphatic carbocycles. The van der Waals surface area contributed by atoms with E-state index in [1.807, 2.05) is 12.1 Å². The van der Waals surface area contributed by atoms with Crippen molar-refractivity contribution < 1.29 is 4.42 Å². The second-order valence-electron chi connectivity index (χ2n) is 13.7. The first-order chi connectivity index (χ1) is 26.8. The van der Waals surface area contributed by atoms with Crippen molar-refractivity contribution in [1.82, 2.24) is 0 Å². The van der Waals surface area contributed by atoms with Gasteiger partial charge in [0.1, 0.15) is 11.2 Å². The molecule has 0 saturated carbocycles. The summed E-state index contributed by atoms with van der Waals surface area (Å²) in [6, 6.07) is 75.8. The van der Waals surface area contributed by atoms with Gasteiger partial charge in [-0.2, -0.15) is 0 Å². The predicted octanol–water partition coefficient (Wildman–Crippen LogP) is 14.9. The molecule has 0 unspecified atom stereocenters. The van der Waals surface area contributed by atoms with Crippen molar-refractivity contribution in [2.75, 3.05) is 4.90 Å². The zero-order valence-electron chi connectivity index (χ0n) is 29.6. The smallest absolute Gasteiger partial charge is 0.137 e. The molecule has 1 heterocycles. The molecule has 10 aromatic rings. The van der Waals surface area contributed by atoms with Gasteiger partial charge in [-0.15, -0.1) is 0 Å². The Balaban J connectivity index is 0.997. The number of benzene rings is 9. The number of nitrogens with zero attached hydrogens (tertiary/aromatic N) is 1. The SMILES string of the molecule is c1ccc(-c2ccc(N(c3ccc(-c4ccc(-c5cccc(-c6cccc7ccccc67)c5)cc4)cc3)c3cccc4oc5ccccc5c34)cc2)cc1. The number of anilines is 3. The third-order valence-corrected chi connectivity index (χ3v) is 10.5. The highest BCUT2D eigenvalue weighted by Gasteiger charge is 2.19. The Kier molecular flexibility index (Phi) is 7.85. The first kappa shape index (κ1) is 31.6. The van der Waals surface area contributed by atoms with Gasteiger partial charge in [-0.05, 0) is 104 Å². The van der Waals surface area contributed by atoms with Gasteiger partial charge < -0.3 is 9.32 Å². The van der Waals surface area contributed by atoms with E-state index in [4.69, 9.17) is 4.42 Å². The fourth-order valence-corrected chi connectivity index (χ4v) is 7.80. The fraction of sp³-hybridized carbons (Fsp3) is 0. The Labute approximate surface area is 314 Å². The minimum Gasteiger partial charge on any atom is -0.456 e. The van der Waals surface area contributed by atoms with Gasteiger partial charge in [-0.3, -0.25) is 0 Å². The van der Waals surface area contributed by atoms with Crippen LogP contribution in [0.3, 0.4) is 0 Å². The maximum Gasteiger partial charge on any atom is 0.137 e. The standard InChI is InChI=1S/C52H35NO/c1-2-11-36(12-3-1)38-27-31-44(32-28-38)53(49-20-10-22-51-52(49)48-18-6-7-21-50(48)54-51)45-33-29-39(30-34-45)37-23-25-40(26-24-37)42-15-8-16-43(35-42)47-19-9-14-41-13-4-5-17-46(41)47/h1-35H. The number of hydrogen-bond donors (Lipinski definition) is 0. The molecule has 10 rings (SSSR count). The van der Waals surface area contributed by atoms with E-state index >= 15 is 0 Å². The molecule has 0 saturated heterocycles. The first-order valence-corrected chi connectivity index (χ1v) is 18.4. The van der Waals surface area contributed by atoms with Crippen LogP contribution in [0.4, 0.5) is 17.1 Å². The lowest BCUT2D eigenvalue weighted by atomic mass is 9.94. The molecule has 0 atom stereocenters. The average molecular weight is 690 g/mol. The molecule has 0 aliphatic rings.